The Balaban J connectivity index is 2.20. The highest BCUT2D eigenvalue weighted by Gasteiger charge is 2.48. The summed E-state index contributed by atoms with van der Waals surface area (Å²) in [5, 5.41) is 2.98. The molecule has 0 aromatic rings. The Labute approximate surface area is 128 Å². The quantitative estimate of drug-likeness (QED) is 0.818. The molecule has 0 radical (unpaired) electrons. The third-order valence-electron chi connectivity index (χ3n) is 5.03. The Hall–Kier alpha value is -1.06. The van der Waals surface area contributed by atoms with Gasteiger partial charge in [-0.05, 0) is 43.9 Å². The summed E-state index contributed by atoms with van der Waals surface area (Å²) in [6.45, 7) is 10.5. The van der Waals surface area contributed by atoms with E-state index in [0.29, 0.717) is 11.8 Å². The predicted octanol–water partition coefficient (Wildman–Crippen LogP) is 2.57. The van der Waals surface area contributed by atoms with E-state index in [0.717, 1.165) is 25.7 Å². The third kappa shape index (κ3) is 3.41. The molecule has 4 nitrogen and oxygen atoms in total. The zero-order valence-electron chi connectivity index (χ0n) is 14.1. The van der Waals surface area contributed by atoms with Gasteiger partial charge in [0.05, 0.1) is 0 Å². The summed E-state index contributed by atoms with van der Waals surface area (Å²) < 4.78 is 0. The largest absolute Gasteiger partial charge is 0.342 e. The first-order chi connectivity index (χ1) is 9.86. The highest BCUT2D eigenvalue weighted by Crippen LogP contribution is 2.36. The molecule has 4 unspecified atom stereocenters. The standard InChI is InChI=1S/C17H30N2O2/c1-6-11(4)9-12(5)19-15(10(2)3)16(20)18-14(17(19)21)13-7-8-13/h10-15H,6-9H2,1-5H3,(H,18,20). The monoisotopic (exact) mass is 294 g/mol. The van der Waals surface area contributed by atoms with Gasteiger partial charge in [0.1, 0.15) is 12.1 Å². The lowest BCUT2D eigenvalue weighted by molar-refractivity contribution is -0.154. The number of carbonyl (C=O) groups excluding carboxylic acids is 2. The zero-order chi connectivity index (χ0) is 15.7. The van der Waals surface area contributed by atoms with Gasteiger partial charge in [-0.3, -0.25) is 9.59 Å². The van der Waals surface area contributed by atoms with Gasteiger partial charge in [-0.15, -0.1) is 0 Å². The topological polar surface area (TPSA) is 49.4 Å². The van der Waals surface area contributed by atoms with Gasteiger partial charge in [-0.1, -0.05) is 34.1 Å². The van der Waals surface area contributed by atoms with Gasteiger partial charge in [-0.25, -0.2) is 0 Å². The van der Waals surface area contributed by atoms with E-state index >= 15 is 0 Å². The molecule has 1 aliphatic carbocycles. The second-order valence-corrected chi connectivity index (χ2v) is 7.36. The zero-order valence-corrected chi connectivity index (χ0v) is 14.1. The fourth-order valence-electron chi connectivity index (χ4n) is 3.45. The Morgan fingerprint density at radius 1 is 1.19 bits per heavy atom. The first-order valence-corrected chi connectivity index (χ1v) is 8.49. The molecule has 1 heterocycles. The third-order valence-corrected chi connectivity index (χ3v) is 5.03. The Kier molecular flexibility index (Phi) is 4.95. The number of amides is 2. The maximum absolute atomic E-state index is 12.9. The summed E-state index contributed by atoms with van der Waals surface area (Å²) in [5.41, 5.74) is 0. The maximum atomic E-state index is 12.9. The van der Waals surface area contributed by atoms with Crippen LogP contribution in [0.15, 0.2) is 0 Å². The van der Waals surface area contributed by atoms with Crippen LogP contribution in [0.1, 0.15) is 60.3 Å². The molecule has 0 aromatic heterocycles. The highest BCUT2D eigenvalue weighted by molar-refractivity contribution is 5.97. The summed E-state index contributed by atoms with van der Waals surface area (Å²) in [6.07, 6.45) is 4.21. The lowest BCUT2D eigenvalue weighted by Crippen LogP contribution is -2.67. The van der Waals surface area contributed by atoms with Crippen molar-refractivity contribution in [3.63, 3.8) is 0 Å². The van der Waals surface area contributed by atoms with Gasteiger partial charge < -0.3 is 10.2 Å². The SMILES string of the molecule is CCC(C)CC(C)N1C(=O)C(C2CC2)NC(=O)C1C(C)C. The van der Waals surface area contributed by atoms with Crippen LogP contribution in [0.4, 0.5) is 0 Å². The predicted molar refractivity (Wildman–Crippen MR) is 83.7 cm³/mol. The molecule has 4 atom stereocenters. The van der Waals surface area contributed by atoms with Crippen molar-refractivity contribution in [2.75, 3.05) is 0 Å². The molecule has 1 N–H and O–H groups in total. The number of nitrogens with one attached hydrogen (secondary N) is 1. The van der Waals surface area contributed by atoms with Crippen molar-refractivity contribution in [3.05, 3.63) is 0 Å². The summed E-state index contributed by atoms with van der Waals surface area (Å²) in [7, 11) is 0. The number of hydrogen-bond donors (Lipinski definition) is 1. The minimum Gasteiger partial charge on any atom is -0.342 e. The van der Waals surface area contributed by atoms with Crippen LogP contribution >= 0.6 is 0 Å². The molecule has 1 aliphatic heterocycles. The Bertz CT molecular complexity index is 404. The van der Waals surface area contributed by atoms with Crippen molar-refractivity contribution in [3.8, 4) is 0 Å². The van der Waals surface area contributed by atoms with Crippen molar-refractivity contribution in [1.82, 2.24) is 10.2 Å². The second-order valence-electron chi connectivity index (χ2n) is 7.36. The van der Waals surface area contributed by atoms with Gasteiger partial charge in [0.25, 0.3) is 0 Å². The van der Waals surface area contributed by atoms with E-state index < -0.39 is 0 Å². The lowest BCUT2D eigenvalue weighted by atomic mass is 9.91. The lowest BCUT2D eigenvalue weighted by Gasteiger charge is -2.44. The number of nitrogens with zero attached hydrogens (tertiary/aromatic N) is 1. The first kappa shape index (κ1) is 16.3. The molecule has 2 rings (SSSR count). The second kappa shape index (κ2) is 6.37. The van der Waals surface area contributed by atoms with Crippen LogP contribution < -0.4 is 5.32 Å². The molecule has 0 aromatic carbocycles. The molecule has 0 bridgehead atoms. The molecular weight excluding hydrogens is 264 g/mol. The van der Waals surface area contributed by atoms with Crippen LogP contribution in [0.25, 0.3) is 0 Å². The number of hydrogen-bond acceptors (Lipinski definition) is 2. The smallest absolute Gasteiger partial charge is 0.246 e. The maximum Gasteiger partial charge on any atom is 0.246 e. The van der Waals surface area contributed by atoms with E-state index in [1.165, 1.54) is 0 Å². The van der Waals surface area contributed by atoms with Gasteiger partial charge in [0.2, 0.25) is 11.8 Å². The molecule has 21 heavy (non-hydrogen) atoms. The fraction of sp³-hybridized carbons (Fsp3) is 0.882. The molecule has 4 heteroatoms. The summed E-state index contributed by atoms with van der Waals surface area (Å²) in [5.74, 6) is 1.27. The number of carbonyl (C=O) groups is 2. The average Bonchev–Trinajstić information content (AvgIpc) is 3.23. The minimum atomic E-state index is -0.313. The van der Waals surface area contributed by atoms with E-state index in [2.05, 4.69) is 26.1 Å². The van der Waals surface area contributed by atoms with Crippen LogP contribution in [0.3, 0.4) is 0 Å². The van der Waals surface area contributed by atoms with E-state index in [1.807, 2.05) is 18.7 Å². The van der Waals surface area contributed by atoms with Crippen molar-refractivity contribution < 1.29 is 9.59 Å². The van der Waals surface area contributed by atoms with Crippen molar-refractivity contribution in [1.29, 1.82) is 0 Å². The fourth-order valence-corrected chi connectivity index (χ4v) is 3.45. The molecule has 2 fully saturated rings. The van der Waals surface area contributed by atoms with Gasteiger partial charge in [-0.2, -0.15) is 0 Å². The van der Waals surface area contributed by atoms with Crippen molar-refractivity contribution in [2.45, 2.75) is 78.4 Å². The highest BCUT2D eigenvalue weighted by atomic mass is 16.2. The minimum absolute atomic E-state index is 0.0394. The van der Waals surface area contributed by atoms with Crippen LogP contribution in [-0.2, 0) is 9.59 Å². The van der Waals surface area contributed by atoms with Gasteiger partial charge >= 0.3 is 0 Å². The molecule has 120 valence electrons. The van der Waals surface area contributed by atoms with Gasteiger partial charge in [0.15, 0.2) is 0 Å². The van der Waals surface area contributed by atoms with Crippen molar-refractivity contribution in [2.24, 2.45) is 17.8 Å². The van der Waals surface area contributed by atoms with Gasteiger partial charge in [0, 0.05) is 6.04 Å². The number of rotatable bonds is 6. The normalized spacial score (nSPS) is 29.5. The number of piperazine rings is 1. The first-order valence-electron chi connectivity index (χ1n) is 8.49. The van der Waals surface area contributed by atoms with Crippen LogP contribution in [0.2, 0.25) is 0 Å². The van der Waals surface area contributed by atoms with Crippen molar-refractivity contribution >= 4 is 11.8 Å². The van der Waals surface area contributed by atoms with E-state index in [4.69, 9.17) is 0 Å². The Morgan fingerprint density at radius 3 is 2.29 bits per heavy atom. The van der Waals surface area contributed by atoms with E-state index in [1.54, 1.807) is 0 Å². The average molecular weight is 294 g/mol. The molecule has 2 amide bonds. The molecule has 1 saturated heterocycles. The van der Waals surface area contributed by atoms with Crippen LogP contribution in [0, 0.1) is 17.8 Å². The van der Waals surface area contributed by atoms with E-state index in [-0.39, 0.29) is 35.9 Å². The summed E-state index contributed by atoms with van der Waals surface area (Å²) >= 11 is 0. The van der Waals surface area contributed by atoms with E-state index in [9.17, 15) is 9.59 Å². The Morgan fingerprint density at radius 2 is 1.81 bits per heavy atom. The molecule has 0 spiro atoms. The van der Waals surface area contributed by atoms with Crippen LogP contribution in [-0.4, -0.2) is 34.8 Å². The molecule has 2 aliphatic rings. The molecular formula is C17H30N2O2. The molecule has 1 saturated carbocycles. The van der Waals surface area contributed by atoms with Crippen LogP contribution in [0.5, 0.6) is 0 Å². The summed E-state index contributed by atoms with van der Waals surface area (Å²) in [6, 6.07) is -0.453. The summed E-state index contributed by atoms with van der Waals surface area (Å²) in [4.78, 5) is 27.3.